The number of alkyl halides is 1. The third-order valence-corrected chi connectivity index (χ3v) is 2.55. The molecule has 2 nitrogen and oxygen atoms in total. The summed E-state index contributed by atoms with van der Waals surface area (Å²) in [5.41, 5.74) is 0. The molecule has 0 aliphatic rings. The van der Waals surface area contributed by atoms with Crippen molar-refractivity contribution in [2.45, 2.75) is 31.0 Å². The van der Waals surface area contributed by atoms with Gasteiger partial charge in [-0.1, -0.05) is 35.7 Å². The molecule has 1 atom stereocenters. The molecular weight excluding hydrogens is 230 g/mol. The van der Waals surface area contributed by atoms with Gasteiger partial charge in [0.15, 0.2) is 0 Å². The predicted molar refractivity (Wildman–Crippen MR) is 61.6 cm³/mol. The molecule has 80 valence electrons. The summed E-state index contributed by atoms with van der Waals surface area (Å²) in [5, 5.41) is 0. The Hall–Kier alpha value is 0.400. The molecule has 3 heteroatoms. The van der Waals surface area contributed by atoms with Crippen LogP contribution in [-0.4, -0.2) is 43.6 Å². The fourth-order valence-corrected chi connectivity index (χ4v) is 2.05. The van der Waals surface area contributed by atoms with Gasteiger partial charge in [0.25, 0.3) is 0 Å². The molecule has 0 fully saturated rings. The van der Waals surface area contributed by atoms with E-state index in [1.807, 2.05) is 0 Å². The van der Waals surface area contributed by atoms with E-state index < -0.39 is 0 Å². The summed E-state index contributed by atoms with van der Waals surface area (Å²) in [6.45, 7) is 5.29. The minimum atomic E-state index is 0.462. The van der Waals surface area contributed by atoms with Crippen LogP contribution in [0.1, 0.15) is 26.2 Å². The first-order valence-corrected chi connectivity index (χ1v) is 5.93. The van der Waals surface area contributed by atoms with Crippen LogP contribution in [0.15, 0.2) is 0 Å². The Morgan fingerprint density at radius 2 is 2.08 bits per heavy atom. The van der Waals surface area contributed by atoms with Crippen molar-refractivity contribution in [1.29, 1.82) is 0 Å². The molecule has 0 aromatic rings. The van der Waals surface area contributed by atoms with Gasteiger partial charge in [-0.05, 0) is 20.0 Å². The standard InChI is InChI=1S/C10H22BrNO/c1-4-5-6-7-12(2)8-10(11)9-13-3/h10H,4-9H2,1-3H3. The van der Waals surface area contributed by atoms with Crippen LogP contribution in [0, 0.1) is 0 Å². The van der Waals surface area contributed by atoms with E-state index in [2.05, 4.69) is 34.8 Å². The topological polar surface area (TPSA) is 12.5 Å². The Kier molecular flexibility index (Phi) is 9.25. The highest BCUT2D eigenvalue weighted by atomic mass is 79.9. The number of halogens is 1. The van der Waals surface area contributed by atoms with Crippen LogP contribution in [0.3, 0.4) is 0 Å². The first-order chi connectivity index (χ1) is 6.20. The molecule has 0 radical (unpaired) electrons. The number of hydrogen-bond acceptors (Lipinski definition) is 2. The maximum absolute atomic E-state index is 5.06. The van der Waals surface area contributed by atoms with Gasteiger partial charge >= 0.3 is 0 Å². The molecule has 13 heavy (non-hydrogen) atoms. The first-order valence-electron chi connectivity index (χ1n) is 5.02. The Balaban J connectivity index is 3.32. The van der Waals surface area contributed by atoms with Gasteiger partial charge in [0.1, 0.15) is 0 Å². The SMILES string of the molecule is CCCCCN(C)CC(Br)COC. The van der Waals surface area contributed by atoms with Gasteiger partial charge in [-0.25, -0.2) is 0 Å². The molecule has 0 heterocycles. The van der Waals surface area contributed by atoms with Crippen LogP contribution in [0.4, 0.5) is 0 Å². The van der Waals surface area contributed by atoms with Crippen LogP contribution >= 0.6 is 15.9 Å². The second-order valence-corrected chi connectivity index (χ2v) is 4.82. The lowest BCUT2D eigenvalue weighted by atomic mass is 10.2. The average molecular weight is 252 g/mol. The number of methoxy groups -OCH3 is 1. The number of unbranched alkanes of at least 4 members (excludes halogenated alkanes) is 2. The summed E-state index contributed by atoms with van der Waals surface area (Å²) < 4.78 is 5.06. The van der Waals surface area contributed by atoms with Crippen molar-refractivity contribution >= 4 is 15.9 Å². The van der Waals surface area contributed by atoms with Crippen molar-refractivity contribution in [2.75, 3.05) is 33.9 Å². The van der Waals surface area contributed by atoms with Gasteiger partial charge in [-0.2, -0.15) is 0 Å². The Morgan fingerprint density at radius 3 is 2.62 bits per heavy atom. The van der Waals surface area contributed by atoms with Gasteiger partial charge < -0.3 is 9.64 Å². The van der Waals surface area contributed by atoms with Crippen molar-refractivity contribution in [3.05, 3.63) is 0 Å². The molecule has 0 aliphatic carbocycles. The van der Waals surface area contributed by atoms with E-state index in [9.17, 15) is 0 Å². The molecule has 0 rings (SSSR count). The van der Waals surface area contributed by atoms with Crippen molar-refractivity contribution in [2.24, 2.45) is 0 Å². The van der Waals surface area contributed by atoms with Crippen LogP contribution in [0.5, 0.6) is 0 Å². The number of rotatable bonds is 8. The third-order valence-electron chi connectivity index (χ3n) is 2.00. The van der Waals surface area contributed by atoms with Crippen molar-refractivity contribution < 1.29 is 4.74 Å². The third kappa shape index (κ3) is 8.72. The summed E-state index contributed by atoms with van der Waals surface area (Å²) in [6, 6.07) is 0. The lowest BCUT2D eigenvalue weighted by molar-refractivity contribution is 0.185. The fraction of sp³-hybridized carbons (Fsp3) is 1.00. The van der Waals surface area contributed by atoms with Crippen molar-refractivity contribution in [1.82, 2.24) is 4.90 Å². The summed E-state index contributed by atoms with van der Waals surface area (Å²) in [5.74, 6) is 0. The summed E-state index contributed by atoms with van der Waals surface area (Å²) in [4.78, 5) is 2.82. The lowest BCUT2D eigenvalue weighted by Crippen LogP contribution is -2.29. The van der Waals surface area contributed by atoms with E-state index in [1.54, 1.807) is 7.11 Å². The highest BCUT2D eigenvalue weighted by molar-refractivity contribution is 9.09. The summed E-state index contributed by atoms with van der Waals surface area (Å²) >= 11 is 3.58. The van der Waals surface area contributed by atoms with Gasteiger partial charge in [-0.15, -0.1) is 0 Å². The Labute approximate surface area is 90.8 Å². The van der Waals surface area contributed by atoms with E-state index >= 15 is 0 Å². The predicted octanol–water partition coefficient (Wildman–Crippen LogP) is 2.52. The van der Waals surface area contributed by atoms with Gasteiger partial charge in [0, 0.05) is 13.7 Å². The fourth-order valence-electron chi connectivity index (χ4n) is 1.29. The van der Waals surface area contributed by atoms with Gasteiger partial charge in [0.05, 0.1) is 11.4 Å². The molecular formula is C10H22BrNO. The summed E-state index contributed by atoms with van der Waals surface area (Å²) in [6.07, 6.45) is 3.94. The molecule has 0 saturated carbocycles. The molecule has 1 unspecified atom stereocenters. The zero-order chi connectivity index (χ0) is 10.1. The van der Waals surface area contributed by atoms with Crippen LogP contribution < -0.4 is 0 Å². The molecule has 0 aromatic heterocycles. The van der Waals surface area contributed by atoms with Crippen LogP contribution in [0.25, 0.3) is 0 Å². The first kappa shape index (κ1) is 13.4. The van der Waals surface area contributed by atoms with E-state index in [-0.39, 0.29) is 0 Å². The van der Waals surface area contributed by atoms with Crippen LogP contribution in [-0.2, 0) is 4.74 Å². The minimum absolute atomic E-state index is 0.462. The van der Waals surface area contributed by atoms with E-state index in [0.717, 1.165) is 13.2 Å². The lowest BCUT2D eigenvalue weighted by Gasteiger charge is -2.19. The molecule has 0 N–H and O–H groups in total. The summed E-state index contributed by atoms with van der Waals surface area (Å²) in [7, 11) is 3.91. The minimum Gasteiger partial charge on any atom is -0.383 e. The van der Waals surface area contributed by atoms with Gasteiger partial charge in [-0.3, -0.25) is 0 Å². The monoisotopic (exact) mass is 251 g/mol. The Bertz CT molecular complexity index is 111. The van der Waals surface area contributed by atoms with E-state index in [0.29, 0.717) is 4.83 Å². The largest absolute Gasteiger partial charge is 0.383 e. The zero-order valence-corrected chi connectivity index (χ0v) is 10.6. The maximum Gasteiger partial charge on any atom is 0.0600 e. The number of ether oxygens (including phenoxy) is 1. The van der Waals surface area contributed by atoms with Crippen LogP contribution in [0.2, 0.25) is 0 Å². The molecule has 0 aliphatic heterocycles. The molecule has 0 spiro atoms. The van der Waals surface area contributed by atoms with Crippen molar-refractivity contribution in [3.8, 4) is 0 Å². The molecule has 0 saturated heterocycles. The van der Waals surface area contributed by atoms with E-state index in [4.69, 9.17) is 4.74 Å². The molecule has 0 bridgehead atoms. The number of hydrogen-bond donors (Lipinski definition) is 0. The zero-order valence-electron chi connectivity index (χ0n) is 9.05. The number of nitrogens with zero attached hydrogens (tertiary/aromatic N) is 1. The quantitative estimate of drug-likeness (QED) is 0.486. The maximum atomic E-state index is 5.06. The second kappa shape index (κ2) is 8.97. The Morgan fingerprint density at radius 1 is 1.38 bits per heavy atom. The highest BCUT2D eigenvalue weighted by Gasteiger charge is 2.06. The molecule has 0 amide bonds. The normalized spacial score (nSPS) is 13.6. The van der Waals surface area contributed by atoms with Crippen molar-refractivity contribution in [3.63, 3.8) is 0 Å². The van der Waals surface area contributed by atoms with Gasteiger partial charge in [0.2, 0.25) is 0 Å². The van der Waals surface area contributed by atoms with E-state index in [1.165, 1.54) is 25.8 Å². The molecule has 0 aromatic carbocycles. The second-order valence-electron chi connectivity index (χ2n) is 3.52. The smallest absolute Gasteiger partial charge is 0.0600 e. The highest BCUT2D eigenvalue weighted by Crippen LogP contribution is 2.03. The average Bonchev–Trinajstić information content (AvgIpc) is 2.05.